The summed E-state index contributed by atoms with van der Waals surface area (Å²) in [4.78, 5) is 24.0. The Morgan fingerprint density at radius 1 is 1.25 bits per heavy atom. The number of rotatable bonds is 8. The summed E-state index contributed by atoms with van der Waals surface area (Å²) in [5.74, 6) is 1.70. The van der Waals surface area contributed by atoms with Crippen molar-refractivity contribution in [1.29, 1.82) is 0 Å². The molecule has 0 spiro atoms. The Kier molecular flexibility index (Phi) is 5.60. The van der Waals surface area contributed by atoms with E-state index in [1.807, 2.05) is 0 Å². The van der Waals surface area contributed by atoms with Gasteiger partial charge in [-0.05, 0) is 62.7 Å². The van der Waals surface area contributed by atoms with Crippen LogP contribution in [0, 0.1) is 23.7 Å². The van der Waals surface area contributed by atoms with Crippen LogP contribution in [0.2, 0.25) is 0 Å². The maximum absolute atomic E-state index is 12.9. The summed E-state index contributed by atoms with van der Waals surface area (Å²) in [6.45, 7) is 2.29. The van der Waals surface area contributed by atoms with Gasteiger partial charge >= 0.3 is 5.97 Å². The highest BCUT2D eigenvalue weighted by atomic mass is 16.5. The third-order valence-electron chi connectivity index (χ3n) is 6.70. The molecule has 0 aliphatic heterocycles. The first-order valence-corrected chi connectivity index (χ1v) is 10.7. The minimum absolute atomic E-state index is 0.0926. The SMILES string of the molecule is CC(NC(=O)c1cnn(CC(=O)O)c1OCC1CC1)C1CC2CCCC(C2)C1. The molecular formula is C21H31N3O4. The molecule has 28 heavy (non-hydrogen) atoms. The Morgan fingerprint density at radius 3 is 2.61 bits per heavy atom. The van der Waals surface area contributed by atoms with E-state index in [4.69, 9.17) is 9.84 Å². The van der Waals surface area contributed by atoms with Crippen LogP contribution >= 0.6 is 0 Å². The third-order valence-corrected chi connectivity index (χ3v) is 6.70. The van der Waals surface area contributed by atoms with Gasteiger partial charge in [0.2, 0.25) is 5.88 Å². The number of fused-ring (bicyclic) bond motifs is 2. The zero-order chi connectivity index (χ0) is 19.7. The van der Waals surface area contributed by atoms with E-state index in [9.17, 15) is 9.59 Å². The number of amides is 1. The summed E-state index contributed by atoms with van der Waals surface area (Å²) in [5, 5.41) is 16.3. The Balaban J connectivity index is 1.42. The molecule has 1 heterocycles. The van der Waals surface area contributed by atoms with Gasteiger partial charge in [-0.1, -0.05) is 19.3 Å². The lowest BCUT2D eigenvalue weighted by Gasteiger charge is -2.41. The average Bonchev–Trinajstić information content (AvgIpc) is 3.39. The van der Waals surface area contributed by atoms with Gasteiger partial charge < -0.3 is 15.2 Å². The number of nitrogens with zero attached hydrogens (tertiary/aromatic N) is 2. The van der Waals surface area contributed by atoms with Gasteiger partial charge in [-0.2, -0.15) is 5.10 Å². The number of ether oxygens (including phenoxy) is 1. The summed E-state index contributed by atoms with van der Waals surface area (Å²) in [5.41, 5.74) is 0.338. The molecule has 1 amide bonds. The van der Waals surface area contributed by atoms with Crippen molar-refractivity contribution in [3.63, 3.8) is 0 Å². The van der Waals surface area contributed by atoms with E-state index in [2.05, 4.69) is 17.3 Å². The van der Waals surface area contributed by atoms with Crippen LogP contribution in [0.1, 0.15) is 68.6 Å². The van der Waals surface area contributed by atoms with Crippen LogP contribution in [0.25, 0.3) is 0 Å². The Morgan fingerprint density at radius 2 is 1.96 bits per heavy atom. The number of carboxylic acid groups (broad SMARTS) is 1. The lowest BCUT2D eigenvalue weighted by Crippen LogP contribution is -2.42. The van der Waals surface area contributed by atoms with Gasteiger partial charge in [-0.15, -0.1) is 0 Å². The van der Waals surface area contributed by atoms with E-state index in [0.29, 0.717) is 24.0 Å². The molecule has 154 valence electrons. The molecule has 7 nitrogen and oxygen atoms in total. The topological polar surface area (TPSA) is 93.5 Å². The minimum atomic E-state index is -1.01. The molecular weight excluding hydrogens is 358 g/mol. The first-order chi connectivity index (χ1) is 13.5. The number of carbonyl (C=O) groups is 2. The molecule has 3 aliphatic carbocycles. The predicted molar refractivity (Wildman–Crippen MR) is 103 cm³/mol. The highest BCUT2D eigenvalue weighted by Crippen LogP contribution is 2.43. The second kappa shape index (κ2) is 8.13. The van der Waals surface area contributed by atoms with Crippen molar-refractivity contribution in [2.45, 2.75) is 70.9 Å². The van der Waals surface area contributed by atoms with Gasteiger partial charge in [0.25, 0.3) is 5.91 Å². The number of aliphatic carboxylic acids is 1. The summed E-state index contributed by atoms with van der Waals surface area (Å²) in [6.07, 6.45) is 11.4. The maximum Gasteiger partial charge on any atom is 0.325 e. The van der Waals surface area contributed by atoms with Crippen LogP contribution in [0.15, 0.2) is 6.20 Å². The van der Waals surface area contributed by atoms with E-state index in [1.165, 1.54) is 49.4 Å². The molecule has 3 saturated carbocycles. The summed E-state index contributed by atoms with van der Waals surface area (Å²) < 4.78 is 7.09. The van der Waals surface area contributed by atoms with Gasteiger partial charge in [0.1, 0.15) is 12.1 Å². The molecule has 0 radical (unpaired) electrons. The molecule has 3 atom stereocenters. The molecule has 1 aromatic heterocycles. The second-order valence-electron chi connectivity index (χ2n) is 9.06. The lowest BCUT2D eigenvalue weighted by molar-refractivity contribution is -0.138. The van der Waals surface area contributed by atoms with Crippen LogP contribution in [-0.4, -0.2) is 39.4 Å². The summed E-state index contributed by atoms with van der Waals surface area (Å²) >= 11 is 0. The molecule has 3 aliphatic rings. The molecule has 0 saturated heterocycles. The molecule has 3 unspecified atom stereocenters. The van der Waals surface area contributed by atoms with Crippen LogP contribution in [0.4, 0.5) is 0 Å². The van der Waals surface area contributed by atoms with E-state index < -0.39 is 5.97 Å². The normalized spacial score (nSPS) is 27.8. The van der Waals surface area contributed by atoms with Crippen LogP contribution in [0.3, 0.4) is 0 Å². The molecule has 1 aromatic rings. The van der Waals surface area contributed by atoms with Gasteiger partial charge in [0, 0.05) is 6.04 Å². The molecule has 3 fully saturated rings. The quantitative estimate of drug-likeness (QED) is 0.713. The summed E-state index contributed by atoms with van der Waals surface area (Å²) in [7, 11) is 0. The molecule has 4 rings (SSSR count). The molecule has 2 N–H and O–H groups in total. The highest BCUT2D eigenvalue weighted by molar-refractivity contribution is 5.96. The van der Waals surface area contributed by atoms with Crippen molar-refractivity contribution in [3.8, 4) is 5.88 Å². The highest BCUT2D eigenvalue weighted by Gasteiger charge is 2.35. The van der Waals surface area contributed by atoms with E-state index in [-0.39, 0.29) is 24.4 Å². The van der Waals surface area contributed by atoms with Crippen molar-refractivity contribution in [1.82, 2.24) is 15.1 Å². The standard InChI is InChI=1S/C21H31N3O4/c1-13(17-8-15-3-2-4-16(7-15)9-17)23-20(27)18-10-22-24(11-19(25)26)21(18)28-12-14-5-6-14/h10,13-17H,2-9,11-12H2,1H3,(H,23,27)(H,25,26). The van der Waals surface area contributed by atoms with Crippen molar-refractivity contribution < 1.29 is 19.4 Å². The van der Waals surface area contributed by atoms with Crippen LogP contribution in [0.5, 0.6) is 5.88 Å². The number of hydrogen-bond acceptors (Lipinski definition) is 4. The number of nitrogens with one attached hydrogen (secondary N) is 1. The average molecular weight is 389 g/mol. The predicted octanol–water partition coefficient (Wildman–Crippen LogP) is 3.09. The third kappa shape index (κ3) is 4.50. The molecule has 7 heteroatoms. The maximum atomic E-state index is 12.9. The lowest BCUT2D eigenvalue weighted by atomic mass is 9.66. The van der Waals surface area contributed by atoms with Gasteiger partial charge in [-0.25, -0.2) is 4.68 Å². The van der Waals surface area contributed by atoms with Gasteiger partial charge in [0.15, 0.2) is 0 Å². The fraction of sp³-hybridized carbons (Fsp3) is 0.762. The van der Waals surface area contributed by atoms with E-state index in [0.717, 1.165) is 24.7 Å². The smallest absolute Gasteiger partial charge is 0.325 e. The number of hydrogen-bond donors (Lipinski definition) is 2. The minimum Gasteiger partial charge on any atom is -0.480 e. The second-order valence-corrected chi connectivity index (χ2v) is 9.06. The Bertz CT molecular complexity index is 715. The molecule has 2 bridgehead atoms. The fourth-order valence-electron chi connectivity index (χ4n) is 5.00. The van der Waals surface area contributed by atoms with Crippen molar-refractivity contribution in [2.75, 3.05) is 6.61 Å². The first kappa shape index (κ1) is 19.3. The van der Waals surface area contributed by atoms with E-state index >= 15 is 0 Å². The summed E-state index contributed by atoms with van der Waals surface area (Å²) in [6, 6.07) is 0.0926. The van der Waals surface area contributed by atoms with Crippen molar-refractivity contribution in [3.05, 3.63) is 11.8 Å². The Labute approximate surface area is 165 Å². The zero-order valence-electron chi connectivity index (χ0n) is 16.6. The van der Waals surface area contributed by atoms with Crippen LogP contribution < -0.4 is 10.1 Å². The fourth-order valence-corrected chi connectivity index (χ4v) is 5.00. The number of carboxylic acids is 1. The van der Waals surface area contributed by atoms with Crippen molar-refractivity contribution >= 4 is 11.9 Å². The largest absolute Gasteiger partial charge is 0.480 e. The zero-order valence-corrected chi connectivity index (χ0v) is 16.6. The van der Waals surface area contributed by atoms with Gasteiger partial charge in [-0.3, -0.25) is 9.59 Å². The van der Waals surface area contributed by atoms with E-state index in [1.54, 1.807) is 0 Å². The van der Waals surface area contributed by atoms with Gasteiger partial charge in [0.05, 0.1) is 12.8 Å². The molecule has 0 aromatic carbocycles. The monoisotopic (exact) mass is 389 g/mol. The Hall–Kier alpha value is -2.05. The van der Waals surface area contributed by atoms with Crippen LogP contribution in [-0.2, 0) is 11.3 Å². The number of carbonyl (C=O) groups excluding carboxylic acids is 1. The number of aromatic nitrogens is 2. The van der Waals surface area contributed by atoms with Crippen molar-refractivity contribution in [2.24, 2.45) is 23.7 Å². The first-order valence-electron chi connectivity index (χ1n) is 10.7.